The number of aromatic nitrogens is 1. The summed E-state index contributed by atoms with van der Waals surface area (Å²) in [5.41, 5.74) is 0.408. The van der Waals surface area contributed by atoms with Crippen molar-refractivity contribution in [1.29, 1.82) is 5.26 Å². The van der Waals surface area contributed by atoms with Gasteiger partial charge >= 0.3 is 0 Å². The van der Waals surface area contributed by atoms with Crippen LogP contribution in [-0.2, 0) is 10.0 Å². The lowest BCUT2D eigenvalue weighted by molar-refractivity contribution is 0.312. The fourth-order valence-electron chi connectivity index (χ4n) is 3.40. The molecule has 8 heteroatoms. The van der Waals surface area contributed by atoms with Gasteiger partial charge in [-0.2, -0.15) is 5.26 Å². The number of rotatable bonds is 4. The third-order valence-corrected chi connectivity index (χ3v) is 6.43. The van der Waals surface area contributed by atoms with E-state index in [4.69, 9.17) is 5.26 Å². The molecular weight excluding hydrogens is 386 g/mol. The summed E-state index contributed by atoms with van der Waals surface area (Å²) in [7, 11) is -1.72. The minimum Gasteiger partial charge on any atom is -0.353 e. The van der Waals surface area contributed by atoms with E-state index in [9.17, 15) is 8.42 Å². The van der Waals surface area contributed by atoms with Gasteiger partial charge in [0.25, 0.3) is 10.0 Å². The third-order valence-electron chi connectivity index (χ3n) is 5.06. The summed E-state index contributed by atoms with van der Waals surface area (Å²) in [5, 5.41) is 10.8. The van der Waals surface area contributed by atoms with Crippen molar-refractivity contribution in [3.05, 3.63) is 60.2 Å². The molecule has 1 fully saturated rings. The van der Waals surface area contributed by atoms with Gasteiger partial charge in [-0.1, -0.05) is 24.3 Å². The first kappa shape index (κ1) is 19.2. The van der Waals surface area contributed by atoms with Crippen LogP contribution in [0.3, 0.4) is 0 Å². The van der Waals surface area contributed by atoms with Crippen molar-refractivity contribution in [2.75, 3.05) is 42.8 Å². The number of pyridine rings is 1. The van der Waals surface area contributed by atoms with Crippen molar-refractivity contribution >= 4 is 32.4 Å². The number of hydrogen-bond acceptors (Lipinski definition) is 6. The van der Waals surface area contributed by atoms with E-state index in [1.807, 2.05) is 30.3 Å². The Morgan fingerprint density at radius 3 is 2.41 bits per heavy atom. The summed E-state index contributed by atoms with van der Waals surface area (Å²) in [6, 6.07) is 17.4. The molecule has 148 valence electrons. The molecule has 0 unspecified atom stereocenters. The molecule has 1 N–H and O–H groups in total. The highest BCUT2D eigenvalue weighted by Crippen LogP contribution is 2.29. The number of sulfonamides is 1. The number of hydrogen-bond donors (Lipinski definition) is 1. The Morgan fingerprint density at radius 1 is 1.03 bits per heavy atom. The fraction of sp³-hybridized carbons (Fsp3) is 0.238. The maximum absolute atomic E-state index is 12.8. The van der Waals surface area contributed by atoms with Crippen LogP contribution in [-0.4, -0.2) is 51.5 Å². The van der Waals surface area contributed by atoms with Gasteiger partial charge in [0, 0.05) is 31.6 Å². The van der Waals surface area contributed by atoms with E-state index in [1.54, 1.807) is 6.07 Å². The van der Waals surface area contributed by atoms with Gasteiger partial charge in [-0.3, -0.25) is 4.72 Å². The fourth-order valence-corrected chi connectivity index (χ4v) is 4.39. The van der Waals surface area contributed by atoms with Gasteiger partial charge < -0.3 is 9.80 Å². The zero-order valence-electron chi connectivity index (χ0n) is 16.0. The number of fused-ring (bicyclic) bond motifs is 1. The second-order valence-corrected chi connectivity index (χ2v) is 8.77. The molecule has 0 bridgehead atoms. The van der Waals surface area contributed by atoms with Gasteiger partial charge in [0.05, 0.1) is 16.5 Å². The molecule has 0 spiro atoms. The zero-order valence-corrected chi connectivity index (χ0v) is 16.9. The Bertz CT molecular complexity index is 1180. The Balaban J connectivity index is 1.71. The molecule has 0 aliphatic carbocycles. The van der Waals surface area contributed by atoms with Crippen LogP contribution >= 0.6 is 0 Å². The molecule has 1 aliphatic rings. The standard InChI is InChI=1S/C21H21N5O2S/c1-25-10-12-26(13-11-25)21-19-5-3-2-4-17(19)14-20(23-21)24-29(27,28)18-8-6-16(15-22)7-9-18/h2-9,14H,10-13H2,1H3,(H,23,24). The van der Waals surface area contributed by atoms with Crippen LogP contribution in [0.15, 0.2) is 59.5 Å². The molecule has 1 saturated heterocycles. The quantitative estimate of drug-likeness (QED) is 0.715. The van der Waals surface area contributed by atoms with Crippen molar-refractivity contribution < 1.29 is 8.42 Å². The van der Waals surface area contributed by atoms with Gasteiger partial charge in [0.15, 0.2) is 0 Å². The predicted octanol–water partition coefficient (Wildman–Crippen LogP) is 2.66. The Hall–Kier alpha value is -3.15. The van der Waals surface area contributed by atoms with Crippen LogP contribution in [0, 0.1) is 11.3 Å². The average Bonchev–Trinajstić information content (AvgIpc) is 2.73. The summed E-state index contributed by atoms with van der Waals surface area (Å²) in [6.45, 7) is 3.52. The second-order valence-electron chi connectivity index (χ2n) is 7.08. The molecule has 3 aromatic rings. The SMILES string of the molecule is CN1CCN(c2nc(NS(=O)(=O)c3ccc(C#N)cc3)cc3ccccc23)CC1. The molecule has 1 aromatic heterocycles. The van der Waals surface area contributed by atoms with E-state index in [1.165, 1.54) is 24.3 Å². The molecular formula is C21H21N5O2S. The van der Waals surface area contributed by atoms with Crippen molar-refractivity contribution in [1.82, 2.24) is 9.88 Å². The topological polar surface area (TPSA) is 89.3 Å². The highest BCUT2D eigenvalue weighted by atomic mass is 32.2. The van der Waals surface area contributed by atoms with E-state index in [2.05, 4.69) is 26.6 Å². The molecule has 7 nitrogen and oxygen atoms in total. The molecule has 0 amide bonds. The first-order valence-corrected chi connectivity index (χ1v) is 10.8. The van der Waals surface area contributed by atoms with Gasteiger partial charge in [0.1, 0.15) is 11.6 Å². The van der Waals surface area contributed by atoms with Crippen LogP contribution < -0.4 is 9.62 Å². The summed E-state index contributed by atoms with van der Waals surface area (Å²) < 4.78 is 28.2. The van der Waals surface area contributed by atoms with Crippen LogP contribution in [0.2, 0.25) is 0 Å². The molecule has 0 atom stereocenters. The summed E-state index contributed by atoms with van der Waals surface area (Å²) >= 11 is 0. The molecule has 4 rings (SSSR count). The largest absolute Gasteiger partial charge is 0.353 e. The van der Waals surface area contributed by atoms with Crippen molar-refractivity contribution in [3.63, 3.8) is 0 Å². The summed E-state index contributed by atoms with van der Waals surface area (Å²) in [5.74, 6) is 1.07. The van der Waals surface area contributed by atoms with Gasteiger partial charge in [-0.15, -0.1) is 0 Å². The number of nitrogens with one attached hydrogen (secondary N) is 1. The Kier molecular flexibility index (Phi) is 5.09. The lowest BCUT2D eigenvalue weighted by Crippen LogP contribution is -2.45. The van der Waals surface area contributed by atoms with Crippen molar-refractivity contribution in [2.24, 2.45) is 0 Å². The number of benzene rings is 2. The third kappa shape index (κ3) is 4.01. The van der Waals surface area contributed by atoms with Crippen molar-refractivity contribution in [3.8, 4) is 6.07 Å². The Labute approximate surface area is 170 Å². The smallest absolute Gasteiger partial charge is 0.263 e. The van der Waals surface area contributed by atoms with Gasteiger partial charge in [-0.05, 0) is 42.8 Å². The summed E-state index contributed by atoms with van der Waals surface area (Å²) in [4.78, 5) is 9.21. The number of piperazine rings is 1. The van der Waals surface area contributed by atoms with E-state index in [0.29, 0.717) is 5.56 Å². The minimum atomic E-state index is -3.81. The lowest BCUT2D eigenvalue weighted by atomic mass is 10.1. The number of nitrogens with zero attached hydrogens (tertiary/aromatic N) is 4. The molecule has 2 heterocycles. The minimum absolute atomic E-state index is 0.0904. The average molecular weight is 407 g/mol. The van der Waals surface area contributed by atoms with Gasteiger partial charge in [-0.25, -0.2) is 13.4 Å². The molecule has 1 aliphatic heterocycles. The molecule has 2 aromatic carbocycles. The highest BCUT2D eigenvalue weighted by molar-refractivity contribution is 7.92. The second kappa shape index (κ2) is 7.70. The van der Waals surface area contributed by atoms with Crippen molar-refractivity contribution in [2.45, 2.75) is 4.90 Å². The van der Waals surface area contributed by atoms with E-state index in [-0.39, 0.29) is 10.7 Å². The highest BCUT2D eigenvalue weighted by Gasteiger charge is 2.20. The Morgan fingerprint density at radius 2 is 1.72 bits per heavy atom. The van der Waals surface area contributed by atoms with Crippen LogP contribution in [0.1, 0.15) is 5.56 Å². The molecule has 29 heavy (non-hydrogen) atoms. The number of anilines is 2. The van der Waals surface area contributed by atoms with Crippen LogP contribution in [0.5, 0.6) is 0 Å². The number of likely N-dealkylation sites (N-methyl/N-ethyl adjacent to an activating group) is 1. The van der Waals surface area contributed by atoms with E-state index >= 15 is 0 Å². The van der Waals surface area contributed by atoms with Gasteiger partial charge in [0.2, 0.25) is 0 Å². The van der Waals surface area contributed by atoms with Crippen LogP contribution in [0.4, 0.5) is 11.6 Å². The zero-order chi connectivity index (χ0) is 20.4. The molecule has 0 saturated carbocycles. The molecule has 0 radical (unpaired) electrons. The van der Waals surface area contributed by atoms with E-state index in [0.717, 1.165) is 42.8 Å². The normalized spacial score (nSPS) is 15.2. The van der Waals surface area contributed by atoms with Crippen LogP contribution in [0.25, 0.3) is 10.8 Å². The number of nitriles is 1. The first-order valence-electron chi connectivity index (χ1n) is 9.32. The lowest BCUT2D eigenvalue weighted by Gasteiger charge is -2.34. The predicted molar refractivity (Wildman–Crippen MR) is 113 cm³/mol. The maximum atomic E-state index is 12.8. The van der Waals surface area contributed by atoms with E-state index < -0.39 is 10.0 Å². The first-order chi connectivity index (χ1) is 14.0. The monoisotopic (exact) mass is 407 g/mol. The maximum Gasteiger partial charge on any atom is 0.263 e. The summed E-state index contributed by atoms with van der Waals surface area (Å²) in [6.07, 6.45) is 0.